The molecule has 1 heterocycles. The van der Waals surface area contributed by atoms with Crippen LogP contribution in [0.25, 0.3) is 0 Å². The molecule has 0 spiro atoms. The second-order valence-corrected chi connectivity index (χ2v) is 4.88. The lowest BCUT2D eigenvalue weighted by Crippen LogP contribution is -2.56. The molecule has 0 aliphatic carbocycles. The molecule has 4 nitrogen and oxygen atoms in total. The maximum absolute atomic E-state index is 5.76. The highest BCUT2D eigenvalue weighted by Gasteiger charge is 2.25. The quantitative estimate of drug-likeness (QED) is 0.685. The van der Waals surface area contributed by atoms with E-state index in [1.54, 1.807) is 0 Å². The first-order chi connectivity index (χ1) is 6.54. The van der Waals surface area contributed by atoms with Crippen LogP contribution >= 0.6 is 0 Å². The number of ether oxygens (including phenoxy) is 1. The van der Waals surface area contributed by atoms with Crippen LogP contribution in [-0.4, -0.2) is 43.9 Å². The molecule has 1 fully saturated rings. The minimum absolute atomic E-state index is 0.201. The Morgan fingerprint density at radius 3 is 2.36 bits per heavy atom. The van der Waals surface area contributed by atoms with Crippen molar-refractivity contribution in [2.75, 3.05) is 32.8 Å². The number of nitrogens with one attached hydrogen (secondary N) is 1. The molecule has 14 heavy (non-hydrogen) atoms. The Kier molecular flexibility index (Phi) is 4.31. The molecule has 1 aliphatic heterocycles. The van der Waals surface area contributed by atoms with Crippen molar-refractivity contribution < 1.29 is 4.74 Å². The van der Waals surface area contributed by atoms with E-state index in [1.165, 1.54) is 0 Å². The van der Waals surface area contributed by atoms with Gasteiger partial charge >= 0.3 is 0 Å². The Morgan fingerprint density at radius 1 is 1.36 bits per heavy atom. The zero-order valence-electron chi connectivity index (χ0n) is 9.55. The zero-order valence-corrected chi connectivity index (χ0v) is 9.55. The Hall–Kier alpha value is -0.160. The molecular formula is C10H23N3O. The zero-order chi connectivity index (χ0) is 10.6. The average Bonchev–Trinajstić information content (AvgIpc) is 2.14. The summed E-state index contributed by atoms with van der Waals surface area (Å²) in [5.74, 6) is 0. The van der Waals surface area contributed by atoms with Gasteiger partial charge in [-0.15, -0.1) is 0 Å². The number of rotatable bonds is 3. The Bertz CT molecular complexity index is 161. The van der Waals surface area contributed by atoms with E-state index in [2.05, 4.69) is 31.2 Å². The fourth-order valence-corrected chi connectivity index (χ4v) is 1.51. The fourth-order valence-electron chi connectivity index (χ4n) is 1.51. The van der Waals surface area contributed by atoms with Gasteiger partial charge in [0.05, 0.1) is 13.2 Å². The predicted octanol–water partition coefficient (Wildman–Crippen LogP) is 0.197. The van der Waals surface area contributed by atoms with Crippen LogP contribution < -0.4 is 11.2 Å². The van der Waals surface area contributed by atoms with E-state index < -0.39 is 0 Å². The highest BCUT2D eigenvalue weighted by atomic mass is 16.5. The number of hydrogen-bond acceptors (Lipinski definition) is 4. The molecule has 0 amide bonds. The van der Waals surface area contributed by atoms with Crippen molar-refractivity contribution in [2.45, 2.75) is 26.8 Å². The third-order valence-corrected chi connectivity index (χ3v) is 2.63. The average molecular weight is 201 g/mol. The molecule has 4 heteroatoms. The van der Waals surface area contributed by atoms with Gasteiger partial charge in [-0.05, 0) is 5.41 Å². The second-order valence-electron chi connectivity index (χ2n) is 4.88. The van der Waals surface area contributed by atoms with Crippen molar-refractivity contribution in [3.05, 3.63) is 0 Å². The predicted molar refractivity (Wildman–Crippen MR) is 57.8 cm³/mol. The summed E-state index contributed by atoms with van der Waals surface area (Å²) in [4.78, 5) is 0. The summed E-state index contributed by atoms with van der Waals surface area (Å²) >= 11 is 0. The monoisotopic (exact) mass is 201 g/mol. The van der Waals surface area contributed by atoms with Crippen LogP contribution in [0.15, 0.2) is 0 Å². The molecule has 0 radical (unpaired) electrons. The van der Waals surface area contributed by atoms with Crippen molar-refractivity contribution in [3.63, 3.8) is 0 Å². The maximum atomic E-state index is 5.76. The van der Waals surface area contributed by atoms with Gasteiger partial charge in [-0.3, -0.25) is 5.43 Å². The van der Waals surface area contributed by atoms with Gasteiger partial charge in [0, 0.05) is 25.7 Å². The van der Waals surface area contributed by atoms with Gasteiger partial charge in [-0.25, -0.2) is 5.01 Å². The highest BCUT2D eigenvalue weighted by Crippen LogP contribution is 2.18. The van der Waals surface area contributed by atoms with Crippen molar-refractivity contribution in [2.24, 2.45) is 11.1 Å². The summed E-state index contributed by atoms with van der Waals surface area (Å²) < 4.78 is 5.29. The molecule has 1 atom stereocenters. The number of nitrogens with two attached hydrogens (primary N) is 1. The first kappa shape index (κ1) is 11.9. The molecule has 0 saturated carbocycles. The summed E-state index contributed by atoms with van der Waals surface area (Å²) in [5.41, 5.74) is 9.43. The lowest BCUT2D eigenvalue weighted by Gasteiger charge is -2.37. The van der Waals surface area contributed by atoms with E-state index in [-0.39, 0.29) is 5.41 Å². The summed E-state index contributed by atoms with van der Waals surface area (Å²) in [5, 5.41) is 2.21. The lowest BCUT2D eigenvalue weighted by molar-refractivity contribution is -0.00648. The molecule has 1 saturated heterocycles. The van der Waals surface area contributed by atoms with Crippen molar-refractivity contribution in [1.29, 1.82) is 0 Å². The van der Waals surface area contributed by atoms with Crippen molar-refractivity contribution >= 4 is 0 Å². The normalized spacial score (nSPS) is 22.3. The van der Waals surface area contributed by atoms with E-state index in [0.29, 0.717) is 12.6 Å². The third-order valence-electron chi connectivity index (χ3n) is 2.63. The van der Waals surface area contributed by atoms with Crippen LogP contribution in [0.3, 0.4) is 0 Å². The van der Waals surface area contributed by atoms with Crippen LogP contribution in [0.2, 0.25) is 0 Å². The van der Waals surface area contributed by atoms with Crippen molar-refractivity contribution in [1.82, 2.24) is 10.4 Å². The number of nitrogens with zero attached hydrogens (tertiary/aromatic N) is 1. The highest BCUT2D eigenvalue weighted by molar-refractivity contribution is 4.80. The topological polar surface area (TPSA) is 50.5 Å². The molecule has 0 aromatic heterocycles. The van der Waals surface area contributed by atoms with Gasteiger partial charge in [-0.1, -0.05) is 20.8 Å². The van der Waals surface area contributed by atoms with Crippen LogP contribution in [0.5, 0.6) is 0 Å². The largest absolute Gasteiger partial charge is 0.379 e. The molecule has 3 N–H and O–H groups in total. The molecule has 1 unspecified atom stereocenters. The van der Waals surface area contributed by atoms with Gasteiger partial charge in [0.15, 0.2) is 0 Å². The minimum Gasteiger partial charge on any atom is -0.379 e. The standard InChI is InChI=1S/C10H23N3O/c1-10(2,3)9(8-11)12-13-4-6-14-7-5-13/h9,12H,4-8,11H2,1-3H3. The summed E-state index contributed by atoms with van der Waals surface area (Å²) in [6.45, 7) is 10.8. The summed E-state index contributed by atoms with van der Waals surface area (Å²) in [7, 11) is 0. The number of hydrazine groups is 1. The van der Waals surface area contributed by atoms with Crippen LogP contribution in [-0.2, 0) is 4.74 Å². The van der Waals surface area contributed by atoms with Gasteiger partial charge in [0.2, 0.25) is 0 Å². The summed E-state index contributed by atoms with van der Waals surface area (Å²) in [6.07, 6.45) is 0. The maximum Gasteiger partial charge on any atom is 0.0608 e. The van der Waals surface area contributed by atoms with Crippen LogP contribution in [0.4, 0.5) is 0 Å². The SMILES string of the molecule is CC(C)(C)C(CN)NN1CCOCC1. The fraction of sp³-hybridized carbons (Fsp3) is 1.00. The first-order valence-electron chi connectivity index (χ1n) is 5.33. The van der Waals surface area contributed by atoms with Gasteiger partial charge < -0.3 is 10.5 Å². The van der Waals surface area contributed by atoms with Gasteiger partial charge in [0.25, 0.3) is 0 Å². The molecule has 0 aromatic carbocycles. The van der Waals surface area contributed by atoms with E-state index >= 15 is 0 Å². The second kappa shape index (κ2) is 5.07. The Morgan fingerprint density at radius 2 is 1.93 bits per heavy atom. The molecule has 1 rings (SSSR count). The van der Waals surface area contributed by atoms with E-state index in [4.69, 9.17) is 10.5 Å². The molecule has 0 bridgehead atoms. The molecule has 84 valence electrons. The lowest BCUT2D eigenvalue weighted by atomic mass is 9.87. The van der Waals surface area contributed by atoms with Crippen LogP contribution in [0.1, 0.15) is 20.8 Å². The van der Waals surface area contributed by atoms with Gasteiger partial charge in [0.1, 0.15) is 0 Å². The van der Waals surface area contributed by atoms with E-state index in [1.807, 2.05) is 0 Å². The Balaban J connectivity index is 2.39. The van der Waals surface area contributed by atoms with Crippen molar-refractivity contribution in [3.8, 4) is 0 Å². The third kappa shape index (κ3) is 3.53. The number of morpholine rings is 1. The first-order valence-corrected chi connectivity index (χ1v) is 5.33. The molecule has 0 aromatic rings. The smallest absolute Gasteiger partial charge is 0.0608 e. The Labute approximate surface area is 86.8 Å². The molecular weight excluding hydrogens is 178 g/mol. The molecule has 1 aliphatic rings. The number of hydrogen-bond donors (Lipinski definition) is 2. The van der Waals surface area contributed by atoms with E-state index in [9.17, 15) is 0 Å². The summed E-state index contributed by atoms with van der Waals surface area (Å²) in [6, 6.07) is 0.334. The van der Waals surface area contributed by atoms with Crippen LogP contribution in [0, 0.1) is 5.41 Å². The minimum atomic E-state index is 0.201. The van der Waals surface area contributed by atoms with Gasteiger partial charge in [-0.2, -0.15) is 0 Å². The van der Waals surface area contributed by atoms with E-state index in [0.717, 1.165) is 26.3 Å².